The van der Waals surface area contributed by atoms with Crippen LogP contribution in [-0.2, 0) is 25.0 Å². The highest BCUT2D eigenvalue weighted by Gasteiger charge is 2.46. The van der Waals surface area contributed by atoms with Crippen molar-refractivity contribution in [2.24, 2.45) is 0 Å². The molecule has 24 heavy (non-hydrogen) atoms. The van der Waals surface area contributed by atoms with Crippen molar-refractivity contribution in [1.29, 1.82) is 0 Å². The van der Waals surface area contributed by atoms with Crippen LogP contribution >= 0.6 is 0 Å². The number of imide groups is 1. The van der Waals surface area contributed by atoms with Crippen molar-refractivity contribution in [3.63, 3.8) is 0 Å². The summed E-state index contributed by atoms with van der Waals surface area (Å²) in [6.45, 7) is 6.11. The monoisotopic (exact) mass is 352 g/mol. The molecule has 2 heterocycles. The van der Waals surface area contributed by atoms with E-state index >= 15 is 0 Å². The molecule has 0 bridgehead atoms. The molecule has 0 unspecified atom stereocenters. The third-order valence-corrected chi connectivity index (χ3v) is 6.18. The molecule has 2 aliphatic rings. The van der Waals surface area contributed by atoms with E-state index in [1.807, 2.05) is 12.1 Å². The first-order valence-electron chi connectivity index (χ1n) is 7.70. The molecule has 2 aliphatic heterocycles. The van der Waals surface area contributed by atoms with E-state index in [2.05, 4.69) is 25.5 Å². The van der Waals surface area contributed by atoms with E-state index in [1.165, 1.54) is 4.31 Å². The standard InChI is InChI=1S/C16H20N2O5S/c1-16(2,3)11-4-6-13(7-5-11)24(21,22)17-8-12(9-17)18-14(19)10-23-15(18)20/h4-7,12H,8-10H2,1-3H3. The maximum absolute atomic E-state index is 12.6. The number of hydrogen-bond acceptors (Lipinski definition) is 5. The molecule has 0 saturated carbocycles. The van der Waals surface area contributed by atoms with Crippen molar-refractivity contribution in [2.75, 3.05) is 19.7 Å². The number of hydrogen-bond donors (Lipinski definition) is 0. The van der Waals surface area contributed by atoms with Gasteiger partial charge in [0.05, 0.1) is 10.9 Å². The van der Waals surface area contributed by atoms with Crippen LogP contribution in [0.5, 0.6) is 0 Å². The fraction of sp³-hybridized carbons (Fsp3) is 0.500. The number of benzene rings is 1. The second-order valence-electron chi connectivity index (χ2n) is 7.07. The zero-order valence-electron chi connectivity index (χ0n) is 13.9. The van der Waals surface area contributed by atoms with Gasteiger partial charge in [-0.2, -0.15) is 4.31 Å². The van der Waals surface area contributed by atoms with Crippen molar-refractivity contribution in [3.05, 3.63) is 29.8 Å². The Hall–Kier alpha value is -1.93. The van der Waals surface area contributed by atoms with Crippen LogP contribution in [0.15, 0.2) is 29.2 Å². The van der Waals surface area contributed by atoms with Crippen molar-refractivity contribution in [2.45, 2.75) is 37.1 Å². The van der Waals surface area contributed by atoms with Crippen LogP contribution in [0.3, 0.4) is 0 Å². The topological polar surface area (TPSA) is 84.0 Å². The molecule has 130 valence electrons. The SMILES string of the molecule is CC(C)(C)c1ccc(S(=O)(=O)N2CC(N3C(=O)COC3=O)C2)cc1. The number of amides is 2. The summed E-state index contributed by atoms with van der Waals surface area (Å²) in [6, 6.07) is 6.37. The lowest BCUT2D eigenvalue weighted by atomic mass is 9.87. The highest BCUT2D eigenvalue weighted by Crippen LogP contribution is 2.28. The minimum atomic E-state index is -3.62. The van der Waals surface area contributed by atoms with Gasteiger partial charge < -0.3 is 4.74 Å². The number of sulfonamides is 1. The van der Waals surface area contributed by atoms with Gasteiger partial charge in [-0.05, 0) is 23.1 Å². The molecule has 7 nitrogen and oxygen atoms in total. The number of nitrogens with zero attached hydrogens (tertiary/aromatic N) is 2. The van der Waals surface area contributed by atoms with E-state index in [0.717, 1.165) is 10.5 Å². The summed E-state index contributed by atoms with van der Waals surface area (Å²) in [5, 5.41) is 0. The Labute approximate surface area is 141 Å². The van der Waals surface area contributed by atoms with Crippen LogP contribution in [0.1, 0.15) is 26.3 Å². The van der Waals surface area contributed by atoms with Crippen LogP contribution in [0.4, 0.5) is 4.79 Å². The van der Waals surface area contributed by atoms with E-state index in [1.54, 1.807) is 12.1 Å². The summed E-state index contributed by atoms with van der Waals surface area (Å²) in [4.78, 5) is 24.3. The zero-order valence-corrected chi connectivity index (χ0v) is 14.7. The van der Waals surface area contributed by atoms with Gasteiger partial charge in [-0.15, -0.1) is 0 Å². The fourth-order valence-corrected chi connectivity index (χ4v) is 4.28. The molecule has 2 fully saturated rings. The number of carbonyl (C=O) groups excluding carboxylic acids is 2. The molecule has 0 radical (unpaired) electrons. The Morgan fingerprint density at radius 2 is 1.67 bits per heavy atom. The molecule has 1 aromatic rings. The summed E-state index contributed by atoms with van der Waals surface area (Å²) in [7, 11) is -3.62. The summed E-state index contributed by atoms with van der Waals surface area (Å²) in [6.07, 6.45) is -0.698. The van der Waals surface area contributed by atoms with Gasteiger partial charge in [-0.25, -0.2) is 18.1 Å². The van der Waals surface area contributed by atoms with Crippen molar-refractivity contribution in [1.82, 2.24) is 9.21 Å². The summed E-state index contributed by atoms with van der Waals surface area (Å²) in [5.74, 6) is -0.420. The molecule has 3 rings (SSSR count). The molecule has 2 saturated heterocycles. The van der Waals surface area contributed by atoms with Gasteiger partial charge >= 0.3 is 6.09 Å². The molecule has 8 heteroatoms. The molecule has 0 N–H and O–H groups in total. The maximum atomic E-state index is 12.6. The van der Waals surface area contributed by atoms with Gasteiger partial charge in [0.2, 0.25) is 10.0 Å². The lowest BCUT2D eigenvalue weighted by molar-refractivity contribution is -0.128. The lowest BCUT2D eigenvalue weighted by Gasteiger charge is -2.40. The molecule has 0 atom stereocenters. The molecule has 1 aromatic carbocycles. The summed E-state index contributed by atoms with van der Waals surface area (Å²) in [5.41, 5.74) is 0.994. The smallest absolute Gasteiger partial charge is 0.417 e. The Bertz CT molecular complexity index is 758. The quantitative estimate of drug-likeness (QED) is 0.819. The molecule has 0 aromatic heterocycles. The van der Waals surface area contributed by atoms with Gasteiger partial charge in [0, 0.05) is 13.1 Å². The van der Waals surface area contributed by atoms with E-state index in [9.17, 15) is 18.0 Å². The van der Waals surface area contributed by atoms with Gasteiger partial charge in [-0.1, -0.05) is 32.9 Å². The average Bonchev–Trinajstić information content (AvgIpc) is 2.77. The fourth-order valence-electron chi connectivity index (χ4n) is 2.77. The molecular formula is C16H20N2O5S. The van der Waals surface area contributed by atoms with Crippen molar-refractivity contribution in [3.8, 4) is 0 Å². The van der Waals surface area contributed by atoms with Crippen LogP contribution in [0, 0.1) is 0 Å². The lowest BCUT2D eigenvalue weighted by Crippen LogP contribution is -2.62. The summed E-state index contributed by atoms with van der Waals surface area (Å²) < 4.78 is 31.1. The third-order valence-electron chi connectivity index (χ3n) is 4.34. The van der Waals surface area contributed by atoms with Gasteiger partial charge in [0.15, 0.2) is 6.61 Å². The van der Waals surface area contributed by atoms with E-state index in [-0.39, 0.29) is 30.0 Å². The van der Waals surface area contributed by atoms with Crippen LogP contribution in [0.2, 0.25) is 0 Å². The Kier molecular flexibility index (Phi) is 3.92. The van der Waals surface area contributed by atoms with E-state index in [0.29, 0.717) is 0 Å². The number of rotatable bonds is 3. The normalized spacial score (nSPS) is 20.2. The second-order valence-corrected chi connectivity index (χ2v) is 9.01. The van der Waals surface area contributed by atoms with Crippen LogP contribution < -0.4 is 0 Å². The first-order valence-corrected chi connectivity index (χ1v) is 9.14. The Balaban J connectivity index is 1.72. The maximum Gasteiger partial charge on any atom is 0.417 e. The first-order chi connectivity index (χ1) is 11.1. The minimum absolute atomic E-state index is 0.0549. The predicted octanol–water partition coefficient (Wildman–Crippen LogP) is 1.34. The number of ether oxygens (including phenoxy) is 1. The zero-order chi connectivity index (χ0) is 17.7. The molecule has 0 spiro atoms. The number of carbonyl (C=O) groups is 2. The van der Waals surface area contributed by atoms with Crippen molar-refractivity contribution >= 4 is 22.0 Å². The van der Waals surface area contributed by atoms with Gasteiger partial charge in [0.25, 0.3) is 5.91 Å². The average molecular weight is 352 g/mol. The predicted molar refractivity (Wildman–Crippen MR) is 85.9 cm³/mol. The third kappa shape index (κ3) is 2.80. The Morgan fingerprint density at radius 1 is 1.08 bits per heavy atom. The molecule has 2 amide bonds. The molecular weight excluding hydrogens is 332 g/mol. The minimum Gasteiger partial charge on any atom is -0.439 e. The van der Waals surface area contributed by atoms with E-state index < -0.39 is 28.1 Å². The Morgan fingerprint density at radius 3 is 2.12 bits per heavy atom. The van der Waals surface area contributed by atoms with Crippen LogP contribution in [0.25, 0.3) is 0 Å². The number of cyclic esters (lactones) is 1. The van der Waals surface area contributed by atoms with Gasteiger partial charge in [-0.3, -0.25) is 4.79 Å². The largest absolute Gasteiger partial charge is 0.439 e. The summed E-state index contributed by atoms with van der Waals surface area (Å²) >= 11 is 0. The highest BCUT2D eigenvalue weighted by molar-refractivity contribution is 7.89. The highest BCUT2D eigenvalue weighted by atomic mass is 32.2. The second kappa shape index (κ2) is 5.56. The van der Waals surface area contributed by atoms with Crippen LogP contribution in [-0.4, -0.2) is 55.4 Å². The molecule has 0 aliphatic carbocycles. The van der Waals surface area contributed by atoms with Gasteiger partial charge in [0.1, 0.15) is 0 Å². The van der Waals surface area contributed by atoms with Crippen molar-refractivity contribution < 1.29 is 22.7 Å². The van der Waals surface area contributed by atoms with E-state index in [4.69, 9.17) is 0 Å². The first kappa shape index (κ1) is 16.9.